The summed E-state index contributed by atoms with van der Waals surface area (Å²) in [4.78, 5) is 23.4. The molecule has 0 aliphatic rings. The van der Waals surface area contributed by atoms with Gasteiger partial charge in [-0.1, -0.05) is 18.2 Å². The second kappa shape index (κ2) is 4.74. The average Bonchev–Trinajstić information content (AvgIpc) is 2.16. The zero-order valence-electron chi connectivity index (χ0n) is 7.14. The summed E-state index contributed by atoms with van der Waals surface area (Å²) in [6, 6.07) is 6.51. The summed E-state index contributed by atoms with van der Waals surface area (Å²) in [5, 5.41) is 10.1. The van der Waals surface area contributed by atoms with Crippen LogP contribution in [0.5, 0.6) is 0 Å². The van der Waals surface area contributed by atoms with Crippen molar-refractivity contribution in [1.82, 2.24) is 0 Å². The average molecular weight is 188 g/mol. The van der Waals surface area contributed by atoms with Crippen LogP contribution in [0.15, 0.2) is 35.3 Å². The maximum atomic E-state index is 10.1. The van der Waals surface area contributed by atoms with Crippen LogP contribution >= 0.6 is 0 Å². The van der Waals surface area contributed by atoms with Gasteiger partial charge in [0.15, 0.2) is 0 Å². The Balaban J connectivity index is 2.94. The van der Waals surface area contributed by atoms with Crippen LogP contribution in [0, 0.1) is 0 Å². The lowest BCUT2D eigenvalue weighted by Crippen LogP contribution is -2.18. The molecule has 0 fully saturated rings. The van der Waals surface area contributed by atoms with Crippen molar-refractivity contribution in [2.24, 2.45) is 4.99 Å². The Hall–Kier alpha value is -2.19. The Morgan fingerprint density at radius 3 is 2.93 bits per heavy atom. The largest absolute Gasteiger partial charge is 0.545 e. The predicted molar refractivity (Wildman–Crippen MR) is 48.3 cm³/mol. The number of carboxylic acids is 1. The fourth-order valence-electron chi connectivity index (χ4n) is 0.915. The van der Waals surface area contributed by atoms with Gasteiger partial charge in [-0.05, 0) is 23.8 Å². The minimum absolute atomic E-state index is 0.431. The van der Waals surface area contributed by atoms with E-state index in [1.54, 1.807) is 24.3 Å². The summed E-state index contributed by atoms with van der Waals surface area (Å²) in [6.07, 6.45) is 3.67. The number of carbonyl (C=O) groups excluding carboxylic acids is 2. The molecular weight excluding hydrogens is 182 g/mol. The Bertz CT molecular complexity index is 417. The van der Waals surface area contributed by atoms with E-state index in [1.807, 2.05) is 0 Å². The molecule has 0 aliphatic carbocycles. The molecule has 0 saturated heterocycles. The summed E-state index contributed by atoms with van der Waals surface area (Å²) in [5.74, 6) is -1.27. The summed E-state index contributed by atoms with van der Waals surface area (Å²) in [5.41, 5.74) is 1.06. The molecule has 0 saturated carbocycles. The molecule has 0 unspecified atom stereocenters. The van der Waals surface area contributed by atoms with Gasteiger partial charge in [-0.2, -0.15) is 4.99 Å². The second-order valence-electron chi connectivity index (χ2n) is 2.45. The van der Waals surface area contributed by atoms with Crippen molar-refractivity contribution in [1.29, 1.82) is 0 Å². The standard InChI is InChI=1S/C10H7NO3/c12-7-11-9-3-1-2-8(6-9)4-5-10(13)14/h1-6H,(H,13,14)/p-1/b5-4+. The highest BCUT2D eigenvalue weighted by atomic mass is 16.4. The van der Waals surface area contributed by atoms with E-state index in [2.05, 4.69) is 4.99 Å². The van der Waals surface area contributed by atoms with Crippen LogP contribution in [0.25, 0.3) is 6.08 Å². The number of hydrogen-bond donors (Lipinski definition) is 0. The van der Waals surface area contributed by atoms with Gasteiger partial charge < -0.3 is 9.90 Å². The third-order valence-corrected chi connectivity index (χ3v) is 1.46. The molecule has 0 N–H and O–H groups in total. The van der Waals surface area contributed by atoms with E-state index < -0.39 is 5.97 Å². The van der Waals surface area contributed by atoms with Gasteiger partial charge in [0, 0.05) is 0 Å². The maximum Gasteiger partial charge on any atom is 0.240 e. The first kappa shape index (κ1) is 9.89. The van der Waals surface area contributed by atoms with Gasteiger partial charge in [0.1, 0.15) is 0 Å². The van der Waals surface area contributed by atoms with Gasteiger partial charge in [0.2, 0.25) is 6.08 Å². The summed E-state index contributed by atoms with van der Waals surface area (Å²) in [6.45, 7) is 0. The van der Waals surface area contributed by atoms with Crippen LogP contribution in [0.2, 0.25) is 0 Å². The molecule has 4 heteroatoms. The van der Waals surface area contributed by atoms with Gasteiger partial charge in [-0.15, -0.1) is 0 Å². The Morgan fingerprint density at radius 1 is 1.50 bits per heavy atom. The van der Waals surface area contributed by atoms with E-state index in [1.165, 1.54) is 12.2 Å². The number of hydrogen-bond acceptors (Lipinski definition) is 4. The molecule has 0 bridgehead atoms. The van der Waals surface area contributed by atoms with Crippen LogP contribution < -0.4 is 5.11 Å². The van der Waals surface area contributed by atoms with Crippen LogP contribution in [0.3, 0.4) is 0 Å². The zero-order chi connectivity index (χ0) is 10.4. The van der Waals surface area contributed by atoms with Crippen LogP contribution in [-0.4, -0.2) is 12.0 Å². The molecule has 0 spiro atoms. The van der Waals surface area contributed by atoms with Crippen molar-refractivity contribution in [3.63, 3.8) is 0 Å². The topological polar surface area (TPSA) is 69.6 Å². The lowest BCUT2D eigenvalue weighted by atomic mass is 10.2. The van der Waals surface area contributed by atoms with E-state index in [0.29, 0.717) is 11.3 Å². The number of benzene rings is 1. The highest BCUT2D eigenvalue weighted by Crippen LogP contribution is 2.14. The molecule has 0 radical (unpaired) electrons. The van der Waals surface area contributed by atoms with Crippen LogP contribution in [-0.2, 0) is 9.59 Å². The van der Waals surface area contributed by atoms with Crippen molar-refractivity contribution in [3.8, 4) is 0 Å². The van der Waals surface area contributed by atoms with E-state index in [0.717, 1.165) is 6.08 Å². The van der Waals surface area contributed by atoms with E-state index in [-0.39, 0.29) is 0 Å². The SMILES string of the molecule is O=C=Nc1cccc(/C=C/C(=O)[O-])c1. The first-order valence-corrected chi connectivity index (χ1v) is 3.79. The fourth-order valence-corrected chi connectivity index (χ4v) is 0.915. The van der Waals surface area contributed by atoms with E-state index in [4.69, 9.17) is 0 Å². The number of carbonyl (C=O) groups is 1. The van der Waals surface area contributed by atoms with Crippen molar-refractivity contribution in [3.05, 3.63) is 35.9 Å². The van der Waals surface area contributed by atoms with Crippen LogP contribution in [0.1, 0.15) is 5.56 Å². The normalized spacial score (nSPS) is 9.71. The lowest BCUT2D eigenvalue weighted by molar-refractivity contribution is -0.297. The van der Waals surface area contributed by atoms with Gasteiger partial charge in [0.25, 0.3) is 0 Å². The van der Waals surface area contributed by atoms with Crippen molar-refractivity contribution >= 4 is 23.8 Å². The Morgan fingerprint density at radius 2 is 2.29 bits per heavy atom. The first-order valence-electron chi connectivity index (χ1n) is 3.79. The van der Waals surface area contributed by atoms with Crippen molar-refractivity contribution in [2.75, 3.05) is 0 Å². The molecule has 1 rings (SSSR count). The molecule has 0 aliphatic heterocycles. The molecule has 0 atom stereocenters. The second-order valence-corrected chi connectivity index (χ2v) is 2.45. The molecule has 0 aromatic heterocycles. The Labute approximate surface area is 80.2 Å². The monoisotopic (exact) mass is 188 g/mol. The molecule has 4 nitrogen and oxygen atoms in total. The van der Waals surface area contributed by atoms with E-state index in [9.17, 15) is 14.7 Å². The molecule has 0 heterocycles. The Kier molecular flexibility index (Phi) is 3.35. The minimum Gasteiger partial charge on any atom is -0.545 e. The van der Waals surface area contributed by atoms with Gasteiger partial charge >= 0.3 is 0 Å². The molecule has 70 valence electrons. The number of isocyanates is 1. The predicted octanol–water partition coefficient (Wildman–Crippen LogP) is 0.417. The molecular formula is C10H6NO3-. The van der Waals surface area contributed by atoms with Gasteiger partial charge in [-0.25, -0.2) is 4.79 Å². The number of aliphatic carboxylic acids is 1. The third-order valence-electron chi connectivity index (χ3n) is 1.46. The highest BCUT2D eigenvalue weighted by Gasteiger charge is 1.90. The molecule has 1 aromatic carbocycles. The van der Waals surface area contributed by atoms with Crippen molar-refractivity contribution < 1.29 is 14.7 Å². The molecule has 14 heavy (non-hydrogen) atoms. The smallest absolute Gasteiger partial charge is 0.240 e. The molecule has 1 aromatic rings. The van der Waals surface area contributed by atoms with Gasteiger partial charge in [0.05, 0.1) is 11.7 Å². The number of rotatable bonds is 3. The minimum atomic E-state index is -1.27. The summed E-state index contributed by atoms with van der Waals surface area (Å²) in [7, 11) is 0. The highest BCUT2D eigenvalue weighted by molar-refractivity contribution is 5.83. The van der Waals surface area contributed by atoms with E-state index >= 15 is 0 Å². The maximum absolute atomic E-state index is 10.1. The summed E-state index contributed by atoms with van der Waals surface area (Å²) < 4.78 is 0. The number of nitrogens with zero attached hydrogens (tertiary/aromatic N) is 1. The quantitative estimate of drug-likeness (QED) is 0.392. The molecule has 0 amide bonds. The first-order chi connectivity index (χ1) is 6.72. The lowest BCUT2D eigenvalue weighted by Gasteiger charge is -1.95. The number of aliphatic imine (C=N–C) groups is 1. The van der Waals surface area contributed by atoms with Crippen molar-refractivity contribution in [2.45, 2.75) is 0 Å². The van der Waals surface area contributed by atoms with Gasteiger partial charge in [-0.3, -0.25) is 0 Å². The zero-order valence-corrected chi connectivity index (χ0v) is 7.14. The third kappa shape index (κ3) is 3.05. The summed E-state index contributed by atoms with van der Waals surface area (Å²) >= 11 is 0. The fraction of sp³-hybridized carbons (Fsp3) is 0. The number of carboxylic acid groups (broad SMARTS) is 1. The van der Waals surface area contributed by atoms with Crippen LogP contribution in [0.4, 0.5) is 5.69 Å².